The maximum absolute atomic E-state index is 6.26. The number of hydrogen-bond donors (Lipinski definition) is 1. The summed E-state index contributed by atoms with van der Waals surface area (Å²) in [5.41, 5.74) is 3.85. The topological polar surface area (TPSA) is 21.3 Å². The molecule has 0 saturated carbocycles. The van der Waals surface area contributed by atoms with E-state index in [2.05, 4.69) is 54.7 Å². The molecule has 2 aliphatic rings. The van der Waals surface area contributed by atoms with Gasteiger partial charge in [-0.2, -0.15) is 0 Å². The molecule has 0 saturated heterocycles. The second-order valence-corrected chi connectivity index (χ2v) is 8.48. The molecule has 3 unspecified atom stereocenters. The predicted molar refractivity (Wildman–Crippen MR) is 118 cm³/mol. The summed E-state index contributed by atoms with van der Waals surface area (Å²) >= 11 is 6.26. The number of anilines is 1. The number of unbranched alkanes of at least 4 members (excludes halogenated alkanes) is 4. The van der Waals surface area contributed by atoms with Gasteiger partial charge in [0.25, 0.3) is 0 Å². The van der Waals surface area contributed by atoms with E-state index in [4.69, 9.17) is 16.3 Å². The highest BCUT2D eigenvalue weighted by molar-refractivity contribution is 6.30. The molecule has 28 heavy (non-hydrogen) atoms. The minimum atomic E-state index is 0.288. The zero-order valence-corrected chi connectivity index (χ0v) is 17.4. The van der Waals surface area contributed by atoms with Gasteiger partial charge in [-0.1, -0.05) is 68.5 Å². The Morgan fingerprint density at radius 2 is 1.96 bits per heavy atom. The van der Waals surface area contributed by atoms with Gasteiger partial charge in [0.2, 0.25) is 0 Å². The molecule has 148 valence electrons. The minimum absolute atomic E-state index is 0.288. The van der Waals surface area contributed by atoms with Crippen LogP contribution in [0.15, 0.2) is 54.6 Å². The standard InChI is InChI=1S/C25H30ClNO/c1-2-3-4-5-6-15-28-20-13-14-24-23(17-20)21-11-8-12-22(21)25(27-24)18-9-7-10-19(26)16-18/h7-11,13-14,16-17,21-22,25,27H,2-6,12,15H2,1H3. The second kappa shape index (κ2) is 9.05. The van der Waals surface area contributed by atoms with Crippen LogP contribution in [0.3, 0.4) is 0 Å². The molecule has 2 aromatic carbocycles. The Balaban J connectivity index is 1.47. The van der Waals surface area contributed by atoms with E-state index in [1.807, 2.05) is 12.1 Å². The molecule has 0 spiro atoms. The van der Waals surface area contributed by atoms with Gasteiger partial charge in [0.05, 0.1) is 12.6 Å². The molecule has 1 heterocycles. The summed E-state index contributed by atoms with van der Waals surface area (Å²) in [5.74, 6) is 1.96. The van der Waals surface area contributed by atoms with Gasteiger partial charge >= 0.3 is 0 Å². The fourth-order valence-electron chi connectivity index (χ4n) is 4.59. The van der Waals surface area contributed by atoms with E-state index < -0.39 is 0 Å². The average molecular weight is 396 g/mol. The van der Waals surface area contributed by atoms with Crippen molar-refractivity contribution in [3.8, 4) is 5.75 Å². The Morgan fingerprint density at radius 1 is 1.07 bits per heavy atom. The van der Waals surface area contributed by atoms with Crippen molar-refractivity contribution in [2.24, 2.45) is 5.92 Å². The van der Waals surface area contributed by atoms with Crippen molar-refractivity contribution in [2.75, 3.05) is 11.9 Å². The molecule has 2 aromatic rings. The van der Waals surface area contributed by atoms with Gasteiger partial charge < -0.3 is 10.1 Å². The summed E-state index contributed by atoms with van der Waals surface area (Å²) < 4.78 is 6.06. The molecular weight excluding hydrogens is 366 g/mol. The smallest absolute Gasteiger partial charge is 0.119 e. The summed E-state index contributed by atoms with van der Waals surface area (Å²) in [5, 5.41) is 4.58. The van der Waals surface area contributed by atoms with Crippen LogP contribution in [0, 0.1) is 5.92 Å². The first-order valence-corrected chi connectivity index (χ1v) is 11.1. The van der Waals surface area contributed by atoms with Crippen molar-refractivity contribution >= 4 is 17.3 Å². The lowest BCUT2D eigenvalue weighted by Gasteiger charge is -2.37. The van der Waals surface area contributed by atoms with Gasteiger partial charge in [-0.25, -0.2) is 0 Å². The van der Waals surface area contributed by atoms with E-state index in [-0.39, 0.29) is 6.04 Å². The van der Waals surface area contributed by atoms with E-state index in [1.54, 1.807) is 0 Å². The van der Waals surface area contributed by atoms with E-state index >= 15 is 0 Å². The van der Waals surface area contributed by atoms with Crippen molar-refractivity contribution in [3.05, 3.63) is 70.8 Å². The van der Waals surface area contributed by atoms with Crippen LogP contribution in [0.2, 0.25) is 5.02 Å². The monoisotopic (exact) mass is 395 g/mol. The zero-order valence-electron chi connectivity index (χ0n) is 16.7. The number of fused-ring (bicyclic) bond motifs is 3. The number of nitrogens with one attached hydrogen (secondary N) is 1. The SMILES string of the molecule is CCCCCCCOc1ccc2c(c1)C1C=CCC1C(c1cccc(Cl)c1)N2. The van der Waals surface area contributed by atoms with Crippen LogP contribution in [-0.4, -0.2) is 6.61 Å². The van der Waals surface area contributed by atoms with E-state index in [0.29, 0.717) is 11.8 Å². The van der Waals surface area contributed by atoms with Crippen molar-refractivity contribution in [3.63, 3.8) is 0 Å². The van der Waals surface area contributed by atoms with Crippen LogP contribution < -0.4 is 10.1 Å². The molecule has 0 amide bonds. The Labute approximate surface area is 173 Å². The highest BCUT2D eigenvalue weighted by atomic mass is 35.5. The highest BCUT2D eigenvalue weighted by Gasteiger charge is 2.38. The Kier molecular flexibility index (Phi) is 6.26. The summed E-state index contributed by atoms with van der Waals surface area (Å²) in [7, 11) is 0. The van der Waals surface area contributed by atoms with Crippen molar-refractivity contribution < 1.29 is 4.74 Å². The van der Waals surface area contributed by atoms with E-state index in [0.717, 1.165) is 30.2 Å². The molecule has 3 heteroatoms. The van der Waals surface area contributed by atoms with Crippen molar-refractivity contribution in [1.82, 2.24) is 0 Å². The molecule has 1 aliphatic heterocycles. The summed E-state index contributed by atoms with van der Waals surface area (Å²) in [6.07, 6.45) is 12.1. The van der Waals surface area contributed by atoms with Gasteiger partial charge in [0, 0.05) is 16.6 Å². The molecule has 1 aliphatic carbocycles. The highest BCUT2D eigenvalue weighted by Crippen LogP contribution is 2.50. The minimum Gasteiger partial charge on any atom is -0.494 e. The van der Waals surface area contributed by atoms with E-state index in [1.165, 1.54) is 42.5 Å². The quantitative estimate of drug-likeness (QED) is 0.368. The third-order valence-corrected chi connectivity index (χ3v) is 6.29. The molecular formula is C25H30ClNO. The molecule has 4 rings (SSSR count). The summed E-state index contributed by atoms with van der Waals surface area (Å²) in [6, 6.07) is 15.1. The van der Waals surface area contributed by atoms with Gasteiger partial charge in [0.15, 0.2) is 0 Å². The Morgan fingerprint density at radius 3 is 2.82 bits per heavy atom. The van der Waals surface area contributed by atoms with Crippen LogP contribution in [0.1, 0.15) is 68.5 Å². The lowest BCUT2D eigenvalue weighted by molar-refractivity contribution is 0.303. The lowest BCUT2D eigenvalue weighted by Crippen LogP contribution is -2.29. The third-order valence-electron chi connectivity index (χ3n) is 6.06. The largest absolute Gasteiger partial charge is 0.494 e. The molecule has 0 radical (unpaired) electrons. The average Bonchev–Trinajstić information content (AvgIpc) is 3.20. The number of hydrogen-bond acceptors (Lipinski definition) is 2. The maximum Gasteiger partial charge on any atom is 0.119 e. The fourth-order valence-corrected chi connectivity index (χ4v) is 4.79. The Hall–Kier alpha value is -1.93. The van der Waals surface area contributed by atoms with Crippen LogP contribution in [0.4, 0.5) is 5.69 Å². The molecule has 0 aromatic heterocycles. The third kappa shape index (κ3) is 4.22. The van der Waals surface area contributed by atoms with Crippen LogP contribution in [0.5, 0.6) is 5.75 Å². The summed E-state index contributed by atoms with van der Waals surface area (Å²) in [6.45, 7) is 3.06. The summed E-state index contributed by atoms with van der Waals surface area (Å²) in [4.78, 5) is 0. The van der Waals surface area contributed by atoms with Gasteiger partial charge in [-0.05, 0) is 60.2 Å². The molecule has 0 bridgehead atoms. The first-order chi connectivity index (χ1) is 13.8. The van der Waals surface area contributed by atoms with Gasteiger partial charge in [-0.3, -0.25) is 0 Å². The molecule has 3 atom stereocenters. The first-order valence-electron chi connectivity index (χ1n) is 10.7. The van der Waals surface area contributed by atoms with Crippen LogP contribution in [-0.2, 0) is 0 Å². The van der Waals surface area contributed by atoms with Crippen molar-refractivity contribution in [2.45, 2.75) is 57.4 Å². The lowest BCUT2D eigenvalue weighted by atomic mass is 9.77. The van der Waals surface area contributed by atoms with Gasteiger partial charge in [0.1, 0.15) is 5.75 Å². The molecule has 0 fully saturated rings. The van der Waals surface area contributed by atoms with E-state index in [9.17, 15) is 0 Å². The maximum atomic E-state index is 6.26. The zero-order chi connectivity index (χ0) is 19.3. The number of allylic oxidation sites excluding steroid dienone is 2. The number of halogens is 1. The number of benzene rings is 2. The second-order valence-electron chi connectivity index (χ2n) is 8.04. The van der Waals surface area contributed by atoms with Gasteiger partial charge in [-0.15, -0.1) is 0 Å². The van der Waals surface area contributed by atoms with Crippen molar-refractivity contribution in [1.29, 1.82) is 0 Å². The number of rotatable bonds is 8. The normalized spacial score (nSPS) is 22.4. The fraction of sp³-hybridized carbons (Fsp3) is 0.440. The van der Waals surface area contributed by atoms with Crippen LogP contribution in [0.25, 0.3) is 0 Å². The first kappa shape index (κ1) is 19.4. The molecule has 1 N–H and O–H groups in total. The predicted octanol–water partition coefficient (Wildman–Crippen LogP) is 7.52. The Bertz CT molecular complexity index is 831. The molecule has 2 nitrogen and oxygen atoms in total. The number of ether oxygens (including phenoxy) is 1. The van der Waals surface area contributed by atoms with Crippen LogP contribution >= 0.6 is 11.6 Å².